The monoisotopic (exact) mass is 427 g/mol. The van der Waals surface area contributed by atoms with Crippen molar-refractivity contribution in [1.29, 1.82) is 0 Å². The summed E-state index contributed by atoms with van der Waals surface area (Å²) in [7, 11) is 2.23. The molecule has 2 aromatic carbocycles. The fourth-order valence-electron chi connectivity index (χ4n) is 5.57. The molecule has 7 nitrogen and oxygen atoms in total. The number of aryl methyl sites for hydroxylation is 1. The molecule has 2 N–H and O–H groups in total. The van der Waals surface area contributed by atoms with E-state index in [4.69, 9.17) is 4.98 Å². The van der Waals surface area contributed by atoms with Gasteiger partial charge in [0.25, 0.3) is 0 Å². The summed E-state index contributed by atoms with van der Waals surface area (Å²) in [6, 6.07) is 16.3. The van der Waals surface area contributed by atoms with Crippen molar-refractivity contribution < 1.29 is 0 Å². The van der Waals surface area contributed by atoms with Crippen LogP contribution >= 0.6 is 0 Å². The Morgan fingerprint density at radius 3 is 2.62 bits per heavy atom. The first-order valence-electron chi connectivity index (χ1n) is 11.6. The van der Waals surface area contributed by atoms with E-state index in [1.807, 2.05) is 0 Å². The van der Waals surface area contributed by atoms with Gasteiger partial charge in [-0.25, -0.2) is 4.98 Å². The first kappa shape index (κ1) is 19.6. The topological polar surface area (TPSA) is 76.7 Å². The molecule has 2 bridgehead atoms. The maximum Gasteiger partial charge on any atom is 0.202 e. The number of hydrogen-bond acceptors (Lipinski definition) is 5. The van der Waals surface area contributed by atoms with E-state index in [0.29, 0.717) is 17.9 Å². The predicted octanol–water partition coefficient (Wildman–Crippen LogP) is 3.86. The average Bonchev–Trinajstić information content (AvgIpc) is 3.50. The van der Waals surface area contributed by atoms with Crippen LogP contribution in [0.15, 0.2) is 42.5 Å². The number of nitrogens with one attached hydrogen (secondary N) is 2. The van der Waals surface area contributed by atoms with Crippen LogP contribution in [0, 0.1) is 0 Å². The summed E-state index contributed by atoms with van der Waals surface area (Å²) in [5, 5.41) is 16.5. The Morgan fingerprint density at radius 2 is 1.81 bits per heavy atom. The van der Waals surface area contributed by atoms with Gasteiger partial charge in [-0.05, 0) is 55.1 Å². The van der Waals surface area contributed by atoms with Crippen molar-refractivity contribution in [2.45, 2.75) is 44.8 Å². The highest BCUT2D eigenvalue weighted by atomic mass is 15.3. The van der Waals surface area contributed by atoms with Crippen LogP contribution in [-0.4, -0.2) is 67.4 Å². The largest absolute Gasteiger partial charge is 0.303 e. The van der Waals surface area contributed by atoms with Gasteiger partial charge in [0.15, 0.2) is 0 Å². The van der Waals surface area contributed by atoms with Gasteiger partial charge in [0, 0.05) is 30.6 Å². The number of hydrogen-bond donors (Lipinski definition) is 2. The minimum absolute atomic E-state index is 0.628. The minimum Gasteiger partial charge on any atom is -0.303 e. The zero-order valence-corrected chi connectivity index (χ0v) is 18.7. The molecule has 0 spiro atoms. The van der Waals surface area contributed by atoms with E-state index < -0.39 is 0 Å². The van der Waals surface area contributed by atoms with Crippen molar-refractivity contribution in [3.8, 4) is 22.6 Å². The lowest BCUT2D eigenvalue weighted by Crippen LogP contribution is -2.51. The smallest absolute Gasteiger partial charge is 0.202 e. The molecule has 32 heavy (non-hydrogen) atoms. The van der Waals surface area contributed by atoms with Crippen molar-refractivity contribution in [1.82, 2.24) is 35.2 Å². The lowest BCUT2D eigenvalue weighted by Gasteiger charge is -2.38. The number of H-pyrrole nitrogens is 2. The van der Waals surface area contributed by atoms with E-state index in [1.165, 1.54) is 29.5 Å². The molecular formula is C25H29N7. The van der Waals surface area contributed by atoms with Crippen LogP contribution < -0.4 is 0 Å². The van der Waals surface area contributed by atoms with Gasteiger partial charge in [0.2, 0.25) is 5.82 Å². The summed E-state index contributed by atoms with van der Waals surface area (Å²) in [5.41, 5.74) is 5.63. The molecule has 7 heteroatoms. The second-order valence-electron chi connectivity index (χ2n) is 9.23. The van der Waals surface area contributed by atoms with Crippen LogP contribution in [0.25, 0.3) is 33.5 Å². The Kier molecular flexibility index (Phi) is 4.81. The normalized spacial score (nSPS) is 21.6. The van der Waals surface area contributed by atoms with E-state index in [2.05, 4.69) is 86.6 Å². The van der Waals surface area contributed by atoms with Gasteiger partial charge in [0.1, 0.15) is 11.5 Å². The quantitative estimate of drug-likeness (QED) is 0.506. The minimum atomic E-state index is 0.628. The summed E-state index contributed by atoms with van der Waals surface area (Å²) in [4.78, 5) is 9.87. The highest BCUT2D eigenvalue weighted by Crippen LogP contribution is 2.32. The molecule has 2 aliphatic heterocycles. The number of rotatable bonds is 5. The lowest BCUT2D eigenvalue weighted by molar-refractivity contribution is 0.0738. The Bertz CT molecular complexity index is 1240. The van der Waals surface area contributed by atoms with E-state index >= 15 is 0 Å². The van der Waals surface area contributed by atoms with Crippen molar-refractivity contribution in [2.24, 2.45) is 0 Å². The Balaban J connectivity index is 1.27. The number of benzene rings is 2. The summed E-state index contributed by atoms with van der Waals surface area (Å²) in [6.45, 7) is 5.31. The van der Waals surface area contributed by atoms with Gasteiger partial charge in [-0.1, -0.05) is 37.3 Å². The van der Waals surface area contributed by atoms with Crippen LogP contribution in [0.3, 0.4) is 0 Å². The molecule has 6 rings (SSSR count). The lowest BCUT2D eigenvalue weighted by atomic mass is 9.97. The van der Waals surface area contributed by atoms with E-state index in [1.54, 1.807) is 0 Å². The molecule has 2 atom stereocenters. The molecule has 0 amide bonds. The third kappa shape index (κ3) is 3.32. The molecule has 2 fully saturated rings. The zero-order chi connectivity index (χ0) is 21.7. The number of likely N-dealkylation sites (N-methyl/N-ethyl adjacent to an activating group) is 1. The van der Waals surface area contributed by atoms with Gasteiger partial charge in [-0.3, -0.25) is 15.1 Å². The predicted molar refractivity (Wildman–Crippen MR) is 126 cm³/mol. The van der Waals surface area contributed by atoms with Crippen molar-refractivity contribution in [3.05, 3.63) is 53.9 Å². The molecule has 0 saturated carbocycles. The summed E-state index contributed by atoms with van der Waals surface area (Å²) in [6.07, 6.45) is 3.57. The molecule has 0 aliphatic carbocycles. The summed E-state index contributed by atoms with van der Waals surface area (Å²) >= 11 is 0. The molecule has 164 valence electrons. The maximum atomic E-state index is 4.82. The summed E-state index contributed by atoms with van der Waals surface area (Å²) in [5.74, 6) is 1.58. The number of fused-ring (bicyclic) bond motifs is 3. The van der Waals surface area contributed by atoms with Crippen LogP contribution in [-0.2, 0) is 13.0 Å². The van der Waals surface area contributed by atoms with Gasteiger partial charge in [0.05, 0.1) is 12.1 Å². The molecule has 2 aromatic heterocycles. The van der Waals surface area contributed by atoms with E-state index in [0.717, 1.165) is 48.5 Å². The standard InChI is InChI=1S/C25H29N7/c1-3-16-6-4-5-7-20(16)17-8-11-21-22(12-17)27-29-24(21)25-26-23(28-30-25)15-32-18-9-10-19(32)14-31(2)13-18/h4-8,11-12,18-19H,3,9-10,13-15H2,1-2H3,(H,27,29)(H,26,28,30). The van der Waals surface area contributed by atoms with Crippen LogP contribution in [0.1, 0.15) is 31.2 Å². The van der Waals surface area contributed by atoms with Gasteiger partial charge < -0.3 is 4.90 Å². The first-order chi connectivity index (χ1) is 15.7. The first-order valence-corrected chi connectivity index (χ1v) is 11.6. The average molecular weight is 428 g/mol. The zero-order valence-electron chi connectivity index (χ0n) is 18.7. The Morgan fingerprint density at radius 1 is 1.00 bits per heavy atom. The Labute approximate surface area is 187 Å². The summed E-state index contributed by atoms with van der Waals surface area (Å²) < 4.78 is 0. The van der Waals surface area contributed by atoms with E-state index in [9.17, 15) is 0 Å². The highest BCUT2D eigenvalue weighted by Gasteiger charge is 2.39. The number of aromatic nitrogens is 5. The third-order valence-corrected chi connectivity index (χ3v) is 7.16. The maximum absolute atomic E-state index is 4.82. The second-order valence-corrected chi connectivity index (χ2v) is 9.23. The molecule has 4 aromatic rings. The third-order valence-electron chi connectivity index (χ3n) is 7.16. The van der Waals surface area contributed by atoms with Crippen LogP contribution in [0.4, 0.5) is 0 Å². The number of nitrogens with zero attached hydrogens (tertiary/aromatic N) is 5. The van der Waals surface area contributed by atoms with Crippen molar-refractivity contribution in [2.75, 3.05) is 20.1 Å². The Hall–Kier alpha value is -3.03. The molecule has 4 heterocycles. The van der Waals surface area contributed by atoms with Crippen molar-refractivity contribution >= 4 is 10.9 Å². The van der Waals surface area contributed by atoms with Gasteiger partial charge >= 0.3 is 0 Å². The fraction of sp³-hybridized carbons (Fsp3) is 0.400. The molecule has 2 unspecified atom stereocenters. The molecule has 2 aliphatic rings. The number of likely N-dealkylation sites (tertiary alicyclic amines) is 1. The number of piperazine rings is 1. The molecule has 2 saturated heterocycles. The second kappa shape index (κ2) is 7.83. The SMILES string of the molecule is CCc1ccccc1-c1ccc2c(-c3n[nH]c(CN4C5CCC4CN(C)C5)n3)n[nH]c2c1. The van der Waals surface area contributed by atoms with E-state index in [-0.39, 0.29) is 0 Å². The molecular weight excluding hydrogens is 398 g/mol. The highest BCUT2D eigenvalue weighted by molar-refractivity contribution is 5.94. The van der Waals surface area contributed by atoms with Crippen LogP contribution in [0.2, 0.25) is 0 Å². The van der Waals surface area contributed by atoms with Gasteiger partial charge in [-0.15, -0.1) is 0 Å². The van der Waals surface area contributed by atoms with Crippen molar-refractivity contribution in [3.63, 3.8) is 0 Å². The fourth-order valence-corrected chi connectivity index (χ4v) is 5.57. The number of aromatic amines is 2. The molecule has 0 radical (unpaired) electrons. The van der Waals surface area contributed by atoms with Crippen LogP contribution in [0.5, 0.6) is 0 Å². The van der Waals surface area contributed by atoms with Gasteiger partial charge in [-0.2, -0.15) is 10.2 Å².